The number of rotatable bonds is 8. The van der Waals surface area contributed by atoms with Crippen molar-refractivity contribution in [2.24, 2.45) is 5.92 Å². The van der Waals surface area contributed by atoms with E-state index in [1.807, 2.05) is 45.9 Å². The lowest BCUT2D eigenvalue weighted by Gasteiger charge is -2.22. The first-order valence-corrected chi connectivity index (χ1v) is 15.4. The van der Waals surface area contributed by atoms with Gasteiger partial charge in [-0.05, 0) is 88.4 Å². The summed E-state index contributed by atoms with van der Waals surface area (Å²) in [5.74, 6) is 5.86. The number of nitrogens with zero attached hydrogens (tertiary/aromatic N) is 1. The van der Waals surface area contributed by atoms with Gasteiger partial charge in [0.05, 0.1) is 29.3 Å². The summed E-state index contributed by atoms with van der Waals surface area (Å²) in [4.78, 5) is 29.0. The summed E-state index contributed by atoms with van der Waals surface area (Å²) >= 11 is 0. The van der Waals surface area contributed by atoms with Crippen molar-refractivity contribution in [3.63, 3.8) is 0 Å². The number of pyridine rings is 1. The summed E-state index contributed by atoms with van der Waals surface area (Å²) in [5, 5.41) is 2.83. The molecular formula is C33H39N3O6S. The number of nitrogens with one attached hydrogen (secondary N) is 2. The number of ether oxygens (including phenoxy) is 2. The topological polar surface area (TPSA) is 124 Å². The predicted octanol–water partition coefficient (Wildman–Crippen LogP) is 6.24. The number of methoxy groups -OCH3 is 1. The number of aryl methyl sites for hydroxylation is 2. The van der Waals surface area contributed by atoms with Crippen LogP contribution in [0.2, 0.25) is 0 Å². The van der Waals surface area contributed by atoms with Crippen LogP contribution in [0, 0.1) is 31.6 Å². The van der Waals surface area contributed by atoms with Gasteiger partial charge in [-0.25, -0.2) is 23.0 Å². The van der Waals surface area contributed by atoms with Crippen LogP contribution in [0.3, 0.4) is 0 Å². The zero-order chi connectivity index (χ0) is 31.9. The van der Waals surface area contributed by atoms with Crippen molar-refractivity contribution in [3.05, 3.63) is 76.9 Å². The van der Waals surface area contributed by atoms with E-state index in [0.29, 0.717) is 17.7 Å². The number of alkyl carbamates (subject to hydrolysis) is 1. The zero-order valence-electron chi connectivity index (χ0n) is 25.9. The van der Waals surface area contributed by atoms with E-state index < -0.39 is 33.7 Å². The Bertz CT molecular complexity index is 1640. The lowest BCUT2D eigenvalue weighted by atomic mass is 9.98. The van der Waals surface area contributed by atoms with Crippen molar-refractivity contribution >= 4 is 27.9 Å². The molecule has 228 valence electrons. The number of benzene rings is 2. The highest BCUT2D eigenvalue weighted by molar-refractivity contribution is 7.92. The molecule has 10 heteroatoms. The standard InChI is InChI=1S/C33H39N3O6S/c1-21(2)17-26(34-32(38)42-33(5,6)7)16-15-24-18-28(30-22(3)11-9-12-23(30)4)35-29(19-24)36-43(39,40)27-14-10-13-25(20-27)31(37)41-8/h9-14,18-21,26H,17H2,1-8H3,(H,34,38)(H,35,36)/t26-/m0/s1. The number of carbonyl (C=O) groups is 2. The highest BCUT2D eigenvalue weighted by atomic mass is 32.2. The summed E-state index contributed by atoms with van der Waals surface area (Å²) in [6.45, 7) is 13.3. The molecule has 1 heterocycles. The third-order valence-corrected chi connectivity index (χ3v) is 7.51. The van der Waals surface area contributed by atoms with E-state index in [1.165, 1.54) is 37.4 Å². The van der Waals surface area contributed by atoms with Crippen molar-refractivity contribution in [3.8, 4) is 23.1 Å². The number of hydrogen-bond acceptors (Lipinski definition) is 7. The second kappa shape index (κ2) is 13.7. The van der Waals surface area contributed by atoms with Gasteiger partial charge in [-0.2, -0.15) is 0 Å². The van der Waals surface area contributed by atoms with Crippen LogP contribution in [0.4, 0.5) is 10.6 Å². The van der Waals surface area contributed by atoms with Crippen LogP contribution in [0.1, 0.15) is 68.1 Å². The smallest absolute Gasteiger partial charge is 0.408 e. The third kappa shape index (κ3) is 9.58. The molecule has 0 aliphatic carbocycles. The quantitative estimate of drug-likeness (QED) is 0.230. The minimum atomic E-state index is -4.14. The molecule has 3 aromatic rings. The number of anilines is 1. The average molecular weight is 606 g/mol. The fourth-order valence-electron chi connectivity index (χ4n) is 4.35. The van der Waals surface area contributed by atoms with E-state index >= 15 is 0 Å². The van der Waals surface area contributed by atoms with Crippen molar-refractivity contribution in [1.29, 1.82) is 0 Å². The fourth-order valence-corrected chi connectivity index (χ4v) is 5.39. The highest BCUT2D eigenvalue weighted by Gasteiger charge is 2.21. The normalized spacial score (nSPS) is 12.1. The minimum absolute atomic E-state index is 0.0495. The van der Waals surface area contributed by atoms with Crippen LogP contribution in [-0.4, -0.2) is 44.2 Å². The first-order chi connectivity index (χ1) is 20.1. The van der Waals surface area contributed by atoms with Gasteiger partial charge in [0.2, 0.25) is 0 Å². The van der Waals surface area contributed by atoms with Gasteiger partial charge < -0.3 is 14.8 Å². The Morgan fingerprint density at radius 3 is 2.26 bits per heavy atom. The lowest BCUT2D eigenvalue weighted by molar-refractivity contribution is 0.0511. The van der Waals surface area contributed by atoms with E-state index in [0.717, 1.165) is 16.7 Å². The summed E-state index contributed by atoms with van der Waals surface area (Å²) in [5.41, 5.74) is 3.24. The minimum Gasteiger partial charge on any atom is -0.465 e. The number of amides is 1. The largest absolute Gasteiger partial charge is 0.465 e. The van der Waals surface area contributed by atoms with E-state index in [9.17, 15) is 18.0 Å². The summed E-state index contributed by atoms with van der Waals surface area (Å²) in [7, 11) is -2.91. The van der Waals surface area contributed by atoms with Gasteiger partial charge in [-0.15, -0.1) is 0 Å². The maximum absolute atomic E-state index is 13.4. The number of sulfonamides is 1. The predicted molar refractivity (Wildman–Crippen MR) is 167 cm³/mol. The first-order valence-electron chi connectivity index (χ1n) is 13.9. The maximum atomic E-state index is 13.4. The zero-order valence-corrected chi connectivity index (χ0v) is 26.7. The molecule has 3 rings (SSSR count). The number of carbonyl (C=O) groups excluding carboxylic acids is 2. The molecule has 0 unspecified atom stereocenters. The van der Waals surface area contributed by atoms with Crippen LogP contribution in [0.5, 0.6) is 0 Å². The van der Waals surface area contributed by atoms with Gasteiger partial charge >= 0.3 is 12.1 Å². The fraction of sp³-hybridized carbons (Fsp3) is 0.364. The molecule has 0 radical (unpaired) electrons. The summed E-state index contributed by atoms with van der Waals surface area (Å²) in [6, 6.07) is 14.2. The molecule has 1 aromatic heterocycles. The third-order valence-electron chi connectivity index (χ3n) is 6.16. The molecule has 9 nitrogen and oxygen atoms in total. The Hall–Kier alpha value is -4.36. The molecule has 0 bridgehead atoms. The second-order valence-corrected chi connectivity index (χ2v) is 13.3. The van der Waals surface area contributed by atoms with Gasteiger partial charge in [-0.3, -0.25) is 4.72 Å². The highest BCUT2D eigenvalue weighted by Crippen LogP contribution is 2.28. The molecule has 0 aliphatic heterocycles. The van der Waals surface area contributed by atoms with Gasteiger partial charge in [0.15, 0.2) is 0 Å². The number of aromatic nitrogens is 1. The Morgan fingerprint density at radius 1 is 1.00 bits per heavy atom. The van der Waals surface area contributed by atoms with Crippen molar-refractivity contribution < 1.29 is 27.5 Å². The molecule has 43 heavy (non-hydrogen) atoms. The van der Waals surface area contributed by atoms with E-state index in [2.05, 4.69) is 26.9 Å². The number of esters is 1. The number of hydrogen-bond donors (Lipinski definition) is 2. The van der Waals surface area contributed by atoms with Crippen LogP contribution in [-0.2, 0) is 19.5 Å². The Kier molecular flexibility index (Phi) is 10.6. The molecular weight excluding hydrogens is 566 g/mol. The Balaban J connectivity index is 2.08. The maximum Gasteiger partial charge on any atom is 0.408 e. The van der Waals surface area contributed by atoms with E-state index in [4.69, 9.17) is 9.47 Å². The van der Waals surface area contributed by atoms with Crippen LogP contribution in [0.25, 0.3) is 11.3 Å². The monoisotopic (exact) mass is 605 g/mol. The molecule has 1 atom stereocenters. The van der Waals surface area contributed by atoms with Crippen LogP contribution >= 0.6 is 0 Å². The molecule has 2 N–H and O–H groups in total. The molecule has 0 saturated carbocycles. The van der Waals surface area contributed by atoms with Crippen molar-refractivity contribution in [2.75, 3.05) is 11.8 Å². The van der Waals surface area contributed by atoms with Gasteiger partial charge in [0.1, 0.15) is 11.4 Å². The molecule has 0 saturated heterocycles. The van der Waals surface area contributed by atoms with E-state index in [-0.39, 0.29) is 22.2 Å². The first kappa shape index (κ1) is 33.1. The van der Waals surface area contributed by atoms with Gasteiger partial charge in [0.25, 0.3) is 10.0 Å². The Labute approximate surface area is 254 Å². The lowest BCUT2D eigenvalue weighted by Crippen LogP contribution is -2.39. The average Bonchev–Trinajstić information content (AvgIpc) is 2.89. The second-order valence-electron chi connectivity index (χ2n) is 11.6. The van der Waals surface area contributed by atoms with Gasteiger partial charge in [-0.1, -0.05) is 50.0 Å². The molecule has 2 aromatic carbocycles. The van der Waals surface area contributed by atoms with Crippen LogP contribution < -0.4 is 10.0 Å². The Morgan fingerprint density at radius 2 is 1.65 bits per heavy atom. The summed E-state index contributed by atoms with van der Waals surface area (Å²) < 4.78 is 39.4. The molecule has 0 aliphatic rings. The van der Waals surface area contributed by atoms with Crippen molar-refractivity contribution in [2.45, 2.75) is 71.4 Å². The van der Waals surface area contributed by atoms with Gasteiger partial charge in [0, 0.05) is 11.1 Å². The van der Waals surface area contributed by atoms with Crippen molar-refractivity contribution in [1.82, 2.24) is 10.3 Å². The van der Waals surface area contributed by atoms with Crippen LogP contribution in [0.15, 0.2) is 59.5 Å². The molecule has 1 amide bonds. The summed E-state index contributed by atoms with van der Waals surface area (Å²) in [6.07, 6.45) is 0.0120. The van der Waals surface area contributed by atoms with E-state index in [1.54, 1.807) is 26.8 Å². The molecule has 0 fully saturated rings. The molecule has 0 spiro atoms. The SMILES string of the molecule is COC(=O)c1cccc(S(=O)(=O)Nc2cc(C#C[C@@H](CC(C)C)NC(=O)OC(C)(C)C)cc(-c3c(C)cccc3C)n2)c1.